The summed E-state index contributed by atoms with van der Waals surface area (Å²) in [6.45, 7) is 0. The largest absolute Gasteiger partial charge is 0.311 e. The van der Waals surface area contributed by atoms with Gasteiger partial charge in [0.15, 0.2) is 0 Å². The third kappa shape index (κ3) is 6.42. The molecule has 0 aliphatic heterocycles. The molecule has 2 nitrogen and oxygen atoms in total. The quantitative estimate of drug-likeness (QED) is 0.145. The molecule has 0 atom stereocenters. The van der Waals surface area contributed by atoms with Gasteiger partial charge < -0.3 is 9.47 Å². The maximum atomic E-state index is 2.44. The van der Waals surface area contributed by atoms with Gasteiger partial charge in [-0.3, -0.25) is 0 Å². The van der Waals surface area contributed by atoms with Crippen molar-refractivity contribution < 1.29 is 0 Å². The molecule has 13 aromatic rings. The fraction of sp³-hybridized carbons (Fsp3) is 0. The van der Waals surface area contributed by atoms with Crippen molar-refractivity contribution in [2.75, 3.05) is 4.90 Å². The minimum Gasteiger partial charge on any atom is -0.311 e. The minimum atomic E-state index is 1.09. The highest BCUT2D eigenvalue weighted by molar-refractivity contribution is 6.19. The molecule has 0 aliphatic carbocycles. The highest BCUT2D eigenvalue weighted by Gasteiger charge is 2.18. The van der Waals surface area contributed by atoms with E-state index in [4.69, 9.17) is 0 Å². The number of hydrogen-bond acceptors (Lipinski definition) is 1. The van der Waals surface area contributed by atoms with Gasteiger partial charge in [0.1, 0.15) is 0 Å². The van der Waals surface area contributed by atoms with Gasteiger partial charge in [0.2, 0.25) is 0 Å². The first kappa shape index (κ1) is 37.8. The van der Waals surface area contributed by atoms with E-state index in [0.29, 0.717) is 0 Å². The Bertz CT molecular complexity index is 3960. The van der Waals surface area contributed by atoms with E-state index in [0.717, 1.165) is 22.7 Å². The van der Waals surface area contributed by atoms with E-state index in [-0.39, 0.29) is 0 Å². The topological polar surface area (TPSA) is 8.17 Å². The molecule has 0 unspecified atom stereocenters. The molecule has 1 heterocycles. The lowest BCUT2D eigenvalue weighted by Crippen LogP contribution is -2.09. The average molecular weight is 839 g/mol. The maximum absolute atomic E-state index is 2.44. The first-order valence-electron chi connectivity index (χ1n) is 22.7. The summed E-state index contributed by atoms with van der Waals surface area (Å²) in [5, 5.41) is 12.6. The normalized spacial score (nSPS) is 11.6. The molecule has 0 fully saturated rings. The molecule has 0 radical (unpaired) electrons. The Kier molecular flexibility index (Phi) is 8.89. The third-order valence-electron chi connectivity index (χ3n) is 13.5. The van der Waals surface area contributed by atoms with Crippen LogP contribution in [0.2, 0.25) is 0 Å². The molecule has 0 spiro atoms. The Morgan fingerprint density at radius 1 is 0.242 bits per heavy atom. The second kappa shape index (κ2) is 15.5. The van der Waals surface area contributed by atoms with Crippen LogP contribution in [0.5, 0.6) is 0 Å². The first-order chi connectivity index (χ1) is 32.7. The number of hydrogen-bond donors (Lipinski definition) is 0. The molecule has 0 aliphatic rings. The average Bonchev–Trinajstić information content (AvgIpc) is 3.73. The second-order valence-corrected chi connectivity index (χ2v) is 17.3. The van der Waals surface area contributed by atoms with Gasteiger partial charge in [-0.25, -0.2) is 0 Å². The van der Waals surface area contributed by atoms with Crippen molar-refractivity contribution in [2.45, 2.75) is 0 Å². The second-order valence-electron chi connectivity index (χ2n) is 17.3. The van der Waals surface area contributed by atoms with E-state index < -0.39 is 0 Å². The molecule has 12 aromatic carbocycles. The summed E-state index contributed by atoms with van der Waals surface area (Å²) in [5.74, 6) is 0. The predicted octanol–water partition coefficient (Wildman–Crippen LogP) is 17.9. The van der Waals surface area contributed by atoms with Crippen molar-refractivity contribution >= 4 is 82.0 Å². The minimum absolute atomic E-state index is 1.09. The molecule has 66 heavy (non-hydrogen) atoms. The van der Waals surface area contributed by atoms with E-state index in [1.54, 1.807) is 0 Å². The van der Waals surface area contributed by atoms with Crippen LogP contribution in [-0.2, 0) is 0 Å². The number of anilines is 3. The monoisotopic (exact) mass is 838 g/mol. The number of nitrogens with zero attached hydrogens (tertiary/aromatic N) is 2. The number of rotatable bonds is 7. The summed E-state index contributed by atoms with van der Waals surface area (Å²) in [4.78, 5) is 2.37. The lowest BCUT2D eigenvalue weighted by atomic mass is 9.97. The third-order valence-corrected chi connectivity index (χ3v) is 13.5. The van der Waals surface area contributed by atoms with E-state index in [9.17, 15) is 0 Å². The van der Waals surface area contributed by atoms with Crippen LogP contribution in [0.25, 0.3) is 104 Å². The Hall–Kier alpha value is -8.72. The molecular weight excluding hydrogens is 797 g/mol. The number of aromatic nitrogens is 1. The molecule has 0 amide bonds. The molecule has 2 heteroatoms. The molecule has 0 N–H and O–H groups in total. The number of benzene rings is 12. The molecule has 0 saturated carbocycles. The van der Waals surface area contributed by atoms with Gasteiger partial charge in [0.25, 0.3) is 0 Å². The van der Waals surface area contributed by atoms with Crippen LogP contribution in [0.1, 0.15) is 0 Å². The van der Waals surface area contributed by atoms with Gasteiger partial charge in [0.05, 0.1) is 11.0 Å². The van der Waals surface area contributed by atoms with E-state index >= 15 is 0 Å². The summed E-state index contributed by atoms with van der Waals surface area (Å²) in [6, 6.07) is 93.3. The van der Waals surface area contributed by atoms with Crippen LogP contribution in [-0.4, -0.2) is 4.57 Å². The van der Waals surface area contributed by atoms with Gasteiger partial charge in [-0.15, -0.1) is 0 Å². The van der Waals surface area contributed by atoms with E-state index in [1.165, 1.54) is 98.3 Å². The molecule has 308 valence electrons. The Labute approximate surface area is 383 Å². The summed E-state index contributed by atoms with van der Waals surface area (Å²) >= 11 is 0. The van der Waals surface area contributed by atoms with Crippen LogP contribution < -0.4 is 4.90 Å². The molecule has 1 aromatic heterocycles. The predicted molar refractivity (Wildman–Crippen MR) is 282 cm³/mol. The molecule has 0 bridgehead atoms. The highest BCUT2D eigenvalue weighted by Crippen LogP contribution is 2.41. The van der Waals surface area contributed by atoms with Gasteiger partial charge in [-0.05, 0) is 138 Å². The van der Waals surface area contributed by atoms with Gasteiger partial charge >= 0.3 is 0 Å². The van der Waals surface area contributed by atoms with Crippen LogP contribution in [0, 0.1) is 0 Å². The Morgan fingerprint density at radius 2 is 0.667 bits per heavy atom. The number of para-hydroxylation sites is 1. The van der Waals surface area contributed by atoms with Crippen molar-refractivity contribution in [2.24, 2.45) is 0 Å². The van der Waals surface area contributed by atoms with Crippen LogP contribution in [0.3, 0.4) is 0 Å². The fourth-order valence-corrected chi connectivity index (χ4v) is 10.2. The zero-order valence-corrected chi connectivity index (χ0v) is 36.1. The Morgan fingerprint density at radius 3 is 1.32 bits per heavy atom. The highest BCUT2D eigenvalue weighted by atomic mass is 15.1. The zero-order chi connectivity index (χ0) is 43.6. The molecule has 13 rings (SSSR count). The smallest absolute Gasteiger partial charge is 0.0619 e. The van der Waals surface area contributed by atoms with Crippen LogP contribution >= 0.6 is 0 Å². The summed E-state index contributed by atoms with van der Waals surface area (Å²) < 4.78 is 2.44. The van der Waals surface area contributed by atoms with Crippen molar-refractivity contribution in [1.82, 2.24) is 4.57 Å². The summed E-state index contributed by atoms with van der Waals surface area (Å²) in [5.41, 5.74) is 14.0. The lowest BCUT2D eigenvalue weighted by molar-refractivity contribution is 1.19. The van der Waals surface area contributed by atoms with Crippen LogP contribution in [0.4, 0.5) is 17.1 Å². The van der Waals surface area contributed by atoms with E-state index in [2.05, 4.69) is 264 Å². The van der Waals surface area contributed by atoms with Crippen molar-refractivity contribution in [3.63, 3.8) is 0 Å². The van der Waals surface area contributed by atoms with Crippen molar-refractivity contribution in [3.8, 4) is 39.1 Å². The standard InChI is InChI=1S/C64H42N2/c1-2-14-54(15-3-1)66-63-42-53(31-38-60(63)61-39-30-48-12-7-9-17-59(48)64(61)66)46-28-36-57(37-29-46)65(55-32-24-44(25-33-55)51-22-18-43-10-4-5-13-50(43)40-51)56-34-26-45(27-35-56)52-23-21-49-20-19-47-11-6-8-16-58(47)62(49)41-52/h1-42H. The van der Waals surface area contributed by atoms with Gasteiger partial charge in [0, 0.05) is 38.9 Å². The van der Waals surface area contributed by atoms with Crippen molar-refractivity contribution in [3.05, 3.63) is 255 Å². The van der Waals surface area contributed by atoms with Gasteiger partial charge in [-0.1, -0.05) is 188 Å². The fourth-order valence-electron chi connectivity index (χ4n) is 10.2. The van der Waals surface area contributed by atoms with Gasteiger partial charge in [-0.2, -0.15) is 0 Å². The zero-order valence-electron chi connectivity index (χ0n) is 36.1. The van der Waals surface area contributed by atoms with Crippen LogP contribution in [0.15, 0.2) is 255 Å². The Balaban J connectivity index is 0.900. The lowest BCUT2D eigenvalue weighted by Gasteiger charge is -2.26. The maximum Gasteiger partial charge on any atom is 0.0619 e. The van der Waals surface area contributed by atoms with E-state index in [1.807, 2.05) is 0 Å². The molecular formula is C64H42N2. The van der Waals surface area contributed by atoms with Crippen molar-refractivity contribution in [1.29, 1.82) is 0 Å². The summed E-state index contributed by atoms with van der Waals surface area (Å²) in [6.07, 6.45) is 0. The molecule has 0 saturated heterocycles. The SMILES string of the molecule is c1ccc(-n2c3cc(-c4ccc(N(c5ccc(-c6ccc7ccccc7c6)cc5)c5ccc(-c6ccc7ccc8ccccc8c7c6)cc5)cc4)ccc3c3ccc4ccccc4c32)cc1. The summed E-state index contributed by atoms with van der Waals surface area (Å²) in [7, 11) is 0. The first-order valence-corrected chi connectivity index (χ1v) is 22.7. The number of fused-ring (bicyclic) bond motifs is 9.